The van der Waals surface area contributed by atoms with Crippen LogP contribution in [0, 0.1) is 17.3 Å². The van der Waals surface area contributed by atoms with Crippen molar-refractivity contribution < 1.29 is 5.11 Å². The van der Waals surface area contributed by atoms with Crippen LogP contribution in [0.2, 0.25) is 0 Å². The molecule has 16 heavy (non-hydrogen) atoms. The lowest BCUT2D eigenvalue weighted by molar-refractivity contribution is 0.0604. The lowest BCUT2D eigenvalue weighted by Crippen LogP contribution is -2.39. The number of hydrogen-bond acceptors (Lipinski definition) is 1. The van der Waals surface area contributed by atoms with Gasteiger partial charge in [-0.05, 0) is 55.9 Å². The number of fused-ring (bicyclic) bond motifs is 1. The Balaban J connectivity index is 2.28. The van der Waals surface area contributed by atoms with Crippen molar-refractivity contribution in [2.45, 2.75) is 65.4 Å². The number of aliphatic hydroxyl groups is 1. The zero-order valence-corrected chi connectivity index (χ0v) is 11.2. The Morgan fingerprint density at radius 3 is 2.69 bits per heavy atom. The molecule has 0 unspecified atom stereocenters. The van der Waals surface area contributed by atoms with Crippen molar-refractivity contribution in [1.82, 2.24) is 0 Å². The maximum absolute atomic E-state index is 10.1. The molecule has 2 aliphatic rings. The van der Waals surface area contributed by atoms with Crippen LogP contribution >= 0.6 is 0 Å². The van der Waals surface area contributed by atoms with Crippen molar-refractivity contribution in [2.24, 2.45) is 17.3 Å². The Morgan fingerprint density at radius 1 is 1.38 bits per heavy atom. The standard InChI is InChI=1S/C15H26O/c1-11-6-5-8-15(4)9-7-12(10-13(11)15)14(2,3)16/h10-11,13,16H,5-9H2,1-4H3/t11-,13+,15+/m1/s1. The van der Waals surface area contributed by atoms with Gasteiger partial charge in [-0.1, -0.05) is 32.8 Å². The summed E-state index contributed by atoms with van der Waals surface area (Å²) in [4.78, 5) is 0. The van der Waals surface area contributed by atoms with Crippen LogP contribution in [0.3, 0.4) is 0 Å². The summed E-state index contributed by atoms with van der Waals surface area (Å²) < 4.78 is 0. The molecule has 1 N–H and O–H groups in total. The van der Waals surface area contributed by atoms with E-state index in [0.717, 1.165) is 12.3 Å². The molecular formula is C15H26O. The molecule has 0 amide bonds. The van der Waals surface area contributed by atoms with Gasteiger partial charge in [0.25, 0.3) is 0 Å². The molecule has 2 aliphatic carbocycles. The molecule has 1 fully saturated rings. The summed E-state index contributed by atoms with van der Waals surface area (Å²) in [5.74, 6) is 1.48. The molecule has 0 spiro atoms. The van der Waals surface area contributed by atoms with Gasteiger partial charge in [-0.2, -0.15) is 0 Å². The number of hydrogen-bond donors (Lipinski definition) is 1. The summed E-state index contributed by atoms with van der Waals surface area (Å²) in [5, 5.41) is 10.1. The highest BCUT2D eigenvalue weighted by atomic mass is 16.3. The molecule has 92 valence electrons. The Bertz CT molecular complexity index is 297. The average molecular weight is 222 g/mol. The first-order valence-corrected chi connectivity index (χ1v) is 6.76. The number of allylic oxidation sites excluding steroid dienone is 1. The van der Waals surface area contributed by atoms with Crippen LogP contribution in [0.5, 0.6) is 0 Å². The monoisotopic (exact) mass is 222 g/mol. The molecule has 2 rings (SSSR count). The minimum absolute atomic E-state index is 0.506. The van der Waals surface area contributed by atoms with E-state index in [1.165, 1.54) is 31.3 Å². The molecule has 1 heteroatoms. The fourth-order valence-electron chi connectivity index (χ4n) is 3.75. The normalized spacial score (nSPS) is 40.2. The topological polar surface area (TPSA) is 20.2 Å². The first kappa shape index (κ1) is 12.2. The lowest BCUT2D eigenvalue weighted by Gasteiger charge is -2.48. The average Bonchev–Trinajstić information content (AvgIpc) is 2.15. The zero-order chi connectivity index (χ0) is 12.0. The highest BCUT2D eigenvalue weighted by molar-refractivity contribution is 5.21. The fraction of sp³-hybridized carbons (Fsp3) is 0.867. The van der Waals surface area contributed by atoms with Gasteiger partial charge in [-0.25, -0.2) is 0 Å². The predicted molar refractivity (Wildman–Crippen MR) is 68.2 cm³/mol. The van der Waals surface area contributed by atoms with Gasteiger partial charge in [0.15, 0.2) is 0 Å². The zero-order valence-electron chi connectivity index (χ0n) is 11.2. The lowest BCUT2D eigenvalue weighted by atomic mass is 9.57. The van der Waals surface area contributed by atoms with Crippen LogP contribution in [0.15, 0.2) is 11.6 Å². The molecule has 3 atom stereocenters. The first-order chi connectivity index (χ1) is 7.33. The van der Waals surface area contributed by atoms with Gasteiger partial charge < -0.3 is 5.11 Å². The molecule has 0 aromatic carbocycles. The third kappa shape index (κ3) is 2.07. The molecule has 1 saturated carbocycles. The Hall–Kier alpha value is -0.300. The van der Waals surface area contributed by atoms with E-state index in [0.29, 0.717) is 11.3 Å². The van der Waals surface area contributed by atoms with Gasteiger partial charge in [0, 0.05) is 0 Å². The highest BCUT2D eigenvalue weighted by Gasteiger charge is 2.42. The van der Waals surface area contributed by atoms with E-state index in [4.69, 9.17) is 0 Å². The molecule has 0 aromatic rings. The summed E-state index contributed by atoms with van der Waals surface area (Å²) in [5.41, 5.74) is 1.16. The van der Waals surface area contributed by atoms with Crippen LogP contribution in [-0.2, 0) is 0 Å². The Labute approximate surface area is 99.9 Å². The summed E-state index contributed by atoms with van der Waals surface area (Å²) >= 11 is 0. The third-order valence-electron chi connectivity index (χ3n) is 4.96. The number of rotatable bonds is 1. The quantitative estimate of drug-likeness (QED) is 0.667. The second-order valence-corrected chi connectivity index (χ2v) is 6.80. The fourth-order valence-corrected chi connectivity index (χ4v) is 3.75. The maximum Gasteiger partial charge on any atom is 0.0800 e. The van der Waals surface area contributed by atoms with Gasteiger partial charge >= 0.3 is 0 Å². The second-order valence-electron chi connectivity index (χ2n) is 6.80. The highest BCUT2D eigenvalue weighted by Crippen LogP contribution is 2.52. The van der Waals surface area contributed by atoms with Crippen molar-refractivity contribution in [3.05, 3.63) is 11.6 Å². The third-order valence-corrected chi connectivity index (χ3v) is 4.96. The summed E-state index contributed by atoms with van der Waals surface area (Å²) in [7, 11) is 0. The molecule has 0 bridgehead atoms. The summed E-state index contributed by atoms with van der Waals surface area (Å²) in [6.45, 7) is 8.68. The minimum Gasteiger partial charge on any atom is -0.386 e. The molecule has 0 saturated heterocycles. The minimum atomic E-state index is -0.613. The molecule has 1 nitrogen and oxygen atoms in total. The predicted octanol–water partition coefficient (Wildman–Crippen LogP) is 3.92. The van der Waals surface area contributed by atoms with Gasteiger partial charge in [0.2, 0.25) is 0 Å². The van der Waals surface area contributed by atoms with Crippen LogP contribution in [0.25, 0.3) is 0 Å². The van der Waals surface area contributed by atoms with Crippen molar-refractivity contribution in [2.75, 3.05) is 0 Å². The van der Waals surface area contributed by atoms with Gasteiger partial charge in [0.1, 0.15) is 0 Å². The van der Waals surface area contributed by atoms with Gasteiger partial charge in [-0.3, -0.25) is 0 Å². The van der Waals surface area contributed by atoms with E-state index in [2.05, 4.69) is 19.9 Å². The smallest absolute Gasteiger partial charge is 0.0800 e. The van der Waals surface area contributed by atoms with Crippen molar-refractivity contribution in [1.29, 1.82) is 0 Å². The maximum atomic E-state index is 10.1. The first-order valence-electron chi connectivity index (χ1n) is 6.76. The summed E-state index contributed by atoms with van der Waals surface area (Å²) in [6, 6.07) is 0. The van der Waals surface area contributed by atoms with Crippen molar-refractivity contribution >= 4 is 0 Å². The second kappa shape index (κ2) is 3.87. The molecule has 0 heterocycles. The van der Waals surface area contributed by atoms with Crippen LogP contribution < -0.4 is 0 Å². The van der Waals surface area contributed by atoms with Gasteiger partial charge in [0.05, 0.1) is 5.60 Å². The Morgan fingerprint density at radius 2 is 2.06 bits per heavy atom. The van der Waals surface area contributed by atoms with Crippen LogP contribution in [0.4, 0.5) is 0 Å². The van der Waals surface area contributed by atoms with Crippen molar-refractivity contribution in [3.8, 4) is 0 Å². The Kier molecular flexibility index (Phi) is 2.94. The van der Waals surface area contributed by atoms with E-state index in [-0.39, 0.29) is 0 Å². The molecule has 0 aliphatic heterocycles. The van der Waals surface area contributed by atoms with Crippen LogP contribution in [-0.4, -0.2) is 10.7 Å². The molecular weight excluding hydrogens is 196 g/mol. The van der Waals surface area contributed by atoms with E-state index < -0.39 is 5.60 Å². The van der Waals surface area contributed by atoms with E-state index in [1.807, 2.05) is 13.8 Å². The summed E-state index contributed by atoms with van der Waals surface area (Å²) in [6.07, 6.45) is 8.88. The molecule has 0 radical (unpaired) electrons. The SMILES string of the molecule is C[C@@H]1CCC[C@@]2(C)CCC(C(C)(C)O)=C[C@@H]12. The van der Waals surface area contributed by atoms with Crippen LogP contribution in [0.1, 0.15) is 59.8 Å². The largest absolute Gasteiger partial charge is 0.386 e. The van der Waals surface area contributed by atoms with Crippen molar-refractivity contribution in [3.63, 3.8) is 0 Å². The van der Waals surface area contributed by atoms with E-state index in [9.17, 15) is 5.11 Å². The van der Waals surface area contributed by atoms with E-state index in [1.54, 1.807) is 0 Å². The van der Waals surface area contributed by atoms with E-state index >= 15 is 0 Å². The molecule has 0 aromatic heterocycles. The van der Waals surface area contributed by atoms with Gasteiger partial charge in [-0.15, -0.1) is 0 Å².